The molecule has 0 bridgehead atoms. The molecular formula is C21H24N2O4S2. The fraction of sp³-hybridized carbons (Fsp3) is 0.333. The Morgan fingerprint density at radius 1 is 1.03 bits per heavy atom. The van der Waals surface area contributed by atoms with E-state index in [1.54, 1.807) is 29.2 Å². The number of carbonyl (C=O) groups excluding carboxylic acids is 2. The monoisotopic (exact) mass is 432 g/mol. The molecule has 0 spiro atoms. The predicted molar refractivity (Wildman–Crippen MR) is 115 cm³/mol. The number of amides is 1. The normalized spacial score (nSPS) is 14.5. The average molecular weight is 433 g/mol. The summed E-state index contributed by atoms with van der Waals surface area (Å²) in [5.74, 6) is -0.283. The molecule has 1 saturated heterocycles. The summed E-state index contributed by atoms with van der Waals surface area (Å²) < 4.78 is 28.3. The van der Waals surface area contributed by atoms with Crippen molar-refractivity contribution >= 4 is 39.2 Å². The maximum Gasteiger partial charge on any atom is 0.261 e. The summed E-state index contributed by atoms with van der Waals surface area (Å²) in [6.45, 7) is 2.81. The number of nitrogens with zero attached hydrogens (tertiary/aromatic N) is 1. The highest BCUT2D eigenvalue weighted by Gasteiger charge is 2.24. The number of likely N-dealkylation sites (tertiary alicyclic amines) is 1. The van der Waals surface area contributed by atoms with Gasteiger partial charge in [-0.1, -0.05) is 12.1 Å². The van der Waals surface area contributed by atoms with Crippen LogP contribution in [0.4, 0.5) is 5.69 Å². The number of hydrogen-bond donors (Lipinski definition) is 1. The van der Waals surface area contributed by atoms with E-state index in [1.807, 2.05) is 6.26 Å². The molecule has 8 heteroatoms. The number of rotatable bonds is 6. The topological polar surface area (TPSA) is 83.5 Å². The lowest BCUT2D eigenvalue weighted by Crippen LogP contribution is -2.36. The number of ketones is 1. The lowest BCUT2D eigenvalue weighted by atomic mass is 10.1. The number of carbonyl (C=O) groups is 2. The number of Topliss-reactive ketones (excluding diaryl/α,β-unsaturated/α-hetero) is 1. The first-order valence-electron chi connectivity index (χ1n) is 9.43. The standard InChI is InChI=1S/C21H24N2O4S2/c1-15(24)16-7-6-8-17(13-16)22-29(26,27)18-9-10-20(28-2)19(14-18)21(25)23-11-4-3-5-12-23/h6-10,13-14,22H,3-5,11-12H2,1-2H3. The molecule has 29 heavy (non-hydrogen) atoms. The lowest BCUT2D eigenvalue weighted by molar-refractivity contribution is 0.0720. The minimum absolute atomic E-state index is 0.0175. The van der Waals surface area contributed by atoms with Crippen LogP contribution in [0.1, 0.15) is 46.9 Å². The van der Waals surface area contributed by atoms with Crippen molar-refractivity contribution in [3.05, 3.63) is 53.6 Å². The molecule has 2 aromatic carbocycles. The zero-order chi connectivity index (χ0) is 21.0. The van der Waals surface area contributed by atoms with Crippen LogP contribution in [-0.2, 0) is 10.0 Å². The molecule has 1 N–H and O–H groups in total. The maximum atomic E-state index is 13.0. The molecule has 1 aliphatic rings. The third-order valence-electron chi connectivity index (χ3n) is 4.88. The van der Waals surface area contributed by atoms with Gasteiger partial charge in [-0.3, -0.25) is 14.3 Å². The molecule has 1 fully saturated rings. The van der Waals surface area contributed by atoms with Crippen LogP contribution >= 0.6 is 11.8 Å². The van der Waals surface area contributed by atoms with E-state index in [0.29, 0.717) is 29.9 Å². The van der Waals surface area contributed by atoms with Crippen molar-refractivity contribution in [2.45, 2.75) is 36.0 Å². The third-order valence-corrected chi connectivity index (χ3v) is 7.05. The second-order valence-electron chi connectivity index (χ2n) is 6.96. The third kappa shape index (κ3) is 5.00. The van der Waals surface area contributed by atoms with Gasteiger partial charge in [0.25, 0.3) is 15.9 Å². The van der Waals surface area contributed by atoms with E-state index in [1.165, 1.54) is 36.9 Å². The molecule has 0 aromatic heterocycles. The Balaban J connectivity index is 1.92. The molecule has 0 radical (unpaired) electrons. The Kier molecular flexibility index (Phi) is 6.64. The van der Waals surface area contributed by atoms with Crippen LogP contribution in [0.25, 0.3) is 0 Å². The van der Waals surface area contributed by atoms with Crippen LogP contribution in [-0.4, -0.2) is 44.4 Å². The molecule has 0 saturated carbocycles. The Morgan fingerprint density at radius 2 is 1.76 bits per heavy atom. The molecule has 2 aromatic rings. The summed E-state index contributed by atoms with van der Waals surface area (Å²) in [5.41, 5.74) is 1.12. The van der Waals surface area contributed by atoms with Gasteiger partial charge in [-0.2, -0.15) is 0 Å². The number of nitrogens with one attached hydrogen (secondary N) is 1. The first kappa shape index (κ1) is 21.4. The average Bonchev–Trinajstić information content (AvgIpc) is 2.73. The molecule has 1 heterocycles. The number of sulfonamides is 1. The van der Waals surface area contributed by atoms with Gasteiger partial charge in [0.05, 0.1) is 10.5 Å². The number of benzene rings is 2. The van der Waals surface area contributed by atoms with Crippen molar-refractivity contribution < 1.29 is 18.0 Å². The molecule has 1 aliphatic heterocycles. The molecule has 1 amide bonds. The van der Waals surface area contributed by atoms with E-state index >= 15 is 0 Å². The van der Waals surface area contributed by atoms with Gasteiger partial charge >= 0.3 is 0 Å². The van der Waals surface area contributed by atoms with E-state index < -0.39 is 10.0 Å². The van der Waals surface area contributed by atoms with Crippen molar-refractivity contribution in [1.29, 1.82) is 0 Å². The minimum Gasteiger partial charge on any atom is -0.339 e. The van der Waals surface area contributed by atoms with Gasteiger partial charge < -0.3 is 4.90 Å². The lowest BCUT2D eigenvalue weighted by Gasteiger charge is -2.27. The molecule has 0 unspecified atom stereocenters. The summed E-state index contributed by atoms with van der Waals surface area (Å²) in [6, 6.07) is 10.9. The maximum absolute atomic E-state index is 13.0. The summed E-state index contributed by atoms with van der Waals surface area (Å²) in [5, 5.41) is 0. The molecule has 3 rings (SSSR count). The second kappa shape index (κ2) is 9.00. The van der Waals surface area contributed by atoms with Crippen LogP contribution in [0.2, 0.25) is 0 Å². The zero-order valence-corrected chi connectivity index (χ0v) is 18.1. The number of hydrogen-bond acceptors (Lipinski definition) is 5. The van der Waals surface area contributed by atoms with Gasteiger partial charge in [0.15, 0.2) is 5.78 Å². The van der Waals surface area contributed by atoms with Gasteiger partial charge in [-0.25, -0.2) is 8.42 Å². The highest BCUT2D eigenvalue weighted by molar-refractivity contribution is 7.98. The first-order valence-corrected chi connectivity index (χ1v) is 12.1. The number of anilines is 1. The van der Waals surface area contributed by atoms with Crippen molar-refractivity contribution in [2.75, 3.05) is 24.1 Å². The molecule has 154 valence electrons. The zero-order valence-electron chi connectivity index (χ0n) is 16.5. The van der Waals surface area contributed by atoms with Crippen molar-refractivity contribution in [3.63, 3.8) is 0 Å². The SMILES string of the molecule is CSc1ccc(S(=O)(=O)Nc2cccc(C(C)=O)c2)cc1C(=O)N1CCCCC1. The van der Waals surface area contributed by atoms with Crippen molar-refractivity contribution in [3.8, 4) is 0 Å². The van der Waals surface area contributed by atoms with Gasteiger partial charge in [0, 0.05) is 29.2 Å². The highest BCUT2D eigenvalue weighted by Crippen LogP contribution is 2.27. The summed E-state index contributed by atoms with van der Waals surface area (Å²) >= 11 is 1.42. The van der Waals surface area contributed by atoms with E-state index in [2.05, 4.69) is 4.72 Å². The molecule has 6 nitrogen and oxygen atoms in total. The Labute approximate surface area is 175 Å². The van der Waals surface area contributed by atoms with Gasteiger partial charge in [-0.05, 0) is 62.8 Å². The van der Waals surface area contributed by atoms with Crippen LogP contribution < -0.4 is 4.72 Å². The number of piperidine rings is 1. The van der Waals surface area contributed by atoms with E-state index in [9.17, 15) is 18.0 Å². The summed E-state index contributed by atoms with van der Waals surface area (Å²) in [4.78, 5) is 27.1. The van der Waals surface area contributed by atoms with Crippen LogP contribution in [0.3, 0.4) is 0 Å². The number of thioether (sulfide) groups is 1. The van der Waals surface area contributed by atoms with Crippen LogP contribution in [0.5, 0.6) is 0 Å². The van der Waals surface area contributed by atoms with Crippen molar-refractivity contribution in [1.82, 2.24) is 4.90 Å². The van der Waals surface area contributed by atoms with E-state index in [0.717, 1.165) is 24.2 Å². The van der Waals surface area contributed by atoms with E-state index in [-0.39, 0.29) is 16.6 Å². The fourth-order valence-corrected chi connectivity index (χ4v) is 4.95. The molecular weight excluding hydrogens is 408 g/mol. The second-order valence-corrected chi connectivity index (χ2v) is 9.49. The Hall–Kier alpha value is -2.32. The largest absolute Gasteiger partial charge is 0.339 e. The summed E-state index contributed by atoms with van der Waals surface area (Å²) in [7, 11) is -3.91. The van der Waals surface area contributed by atoms with Crippen LogP contribution in [0.15, 0.2) is 52.3 Å². The Bertz CT molecular complexity index is 1030. The fourth-order valence-electron chi connectivity index (χ4n) is 3.30. The predicted octanol–water partition coefficient (Wildman–Crippen LogP) is 4.04. The highest BCUT2D eigenvalue weighted by atomic mass is 32.2. The molecule has 0 atom stereocenters. The minimum atomic E-state index is -3.91. The first-order chi connectivity index (χ1) is 13.8. The smallest absolute Gasteiger partial charge is 0.261 e. The van der Waals surface area contributed by atoms with Gasteiger partial charge in [0.1, 0.15) is 0 Å². The van der Waals surface area contributed by atoms with E-state index in [4.69, 9.17) is 0 Å². The van der Waals surface area contributed by atoms with Gasteiger partial charge in [0.2, 0.25) is 0 Å². The van der Waals surface area contributed by atoms with Gasteiger partial charge in [-0.15, -0.1) is 11.8 Å². The molecule has 0 aliphatic carbocycles. The Morgan fingerprint density at radius 3 is 2.41 bits per heavy atom. The summed E-state index contributed by atoms with van der Waals surface area (Å²) in [6.07, 6.45) is 4.90. The quantitative estimate of drug-likeness (QED) is 0.550. The van der Waals surface area contributed by atoms with Crippen molar-refractivity contribution in [2.24, 2.45) is 0 Å². The van der Waals surface area contributed by atoms with Crippen LogP contribution in [0, 0.1) is 0 Å².